The van der Waals surface area contributed by atoms with E-state index in [1.54, 1.807) is 0 Å². The van der Waals surface area contributed by atoms with Crippen LogP contribution in [0.25, 0.3) is 0 Å². The highest BCUT2D eigenvalue weighted by Crippen LogP contribution is 2.36. The van der Waals surface area contributed by atoms with Crippen molar-refractivity contribution in [1.29, 1.82) is 0 Å². The van der Waals surface area contributed by atoms with Crippen molar-refractivity contribution in [3.63, 3.8) is 0 Å². The Hall–Kier alpha value is -4.09. The van der Waals surface area contributed by atoms with Gasteiger partial charge in [0.2, 0.25) is 0 Å². The summed E-state index contributed by atoms with van der Waals surface area (Å²) in [4.78, 5) is 95.8. The van der Waals surface area contributed by atoms with E-state index in [9.17, 15) is 42.9 Å². The quantitative estimate of drug-likeness (QED) is 0.0199. The first-order chi connectivity index (χ1) is 46.0. The fourth-order valence-electron chi connectivity index (χ4n) is 5.11. The summed E-state index contributed by atoms with van der Waals surface area (Å²) in [6.07, 6.45) is -55.7. The van der Waals surface area contributed by atoms with E-state index in [1.807, 2.05) is 0 Å². The maximum absolute atomic E-state index is 10.2. The second kappa shape index (κ2) is 63.4. The summed E-state index contributed by atoms with van der Waals surface area (Å²) in [5.41, 5.74) is 0. The van der Waals surface area contributed by atoms with Gasteiger partial charge in [-0.3, -0.25) is 4.52 Å². The lowest BCUT2D eigenvalue weighted by Crippen LogP contribution is -2.46. The van der Waals surface area contributed by atoms with Crippen molar-refractivity contribution in [3.05, 3.63) is 0 Å². The highest BCUT2D eigenvalue weighted by Gasteiger charge is 2.36. The van der Waals surface area contributed by atoms with Crippen LogP contribution in [0.1, 0.15) is 0 Å². The molecule has 0 saturated carbocycles. The molecule has 0 fully saturated rings. The average molecular weight is 1520 g/mol. The Labute approximate surface area is 561 Å². The minimum Gasteiger partial charge on any atom is -0.394 e. The number of hydrogen-bond acceptors (Lipinski definition) is 49. The largest absolute Gasteiger partial charge is 0.469 e. The SMILES string of the molecule is O=C[C@@H](O)[C@@H](O)[C@@H](O)[C@H](O)CO.O=C[C@@H](O)[C@@H](O)[C@H](O)[C@H](O)CO.O=C[C@@H](O)[C@H](O)[C@@H](O)[C@H](O)CO.O=C[C@H](O)[C@@H](O)[C@@H](O)[C@H](O)CO.O=C[C@H](O)[C@@H](O)[C@H](O)[C@H](O)CO.O=C[C@H](O)[C@@H](O)[C@H](O)[C@H](O)COP(=O)(O)O.O=C[C@H](O)[C@H](O)[C@@H](O)[C@H](O)CO.O=C[C@H](O)[C@H](O)[C@H](O)[C@H](O)CO. The Balaban J connectivity index is -0.000000162. The van der Waals surface area contributed by atoms with Gasteiger partial charge in [-0.25, -0.2) is 4.57 Å². The maximum atomic E-state index is 10.2. The Kier molecular flexibility index (Phi) is 70.9. The molecule has 0 aromatic heterocycles. The summed E-state index contributed by atoms with van der Waals surface area (Å²) in [6, 6.07) is 0. The van der Waals surface area contributed by atoms with Crippen molar-refractivity contribution >= 4 is 58.1 Å². The van der Waals surface area contributed by atoms with Crippen LogP contribution in [0.5, 0.6) is 0 Å². The van der Waals surface area contributed by atoms with E-state index >= 15 is 0 Å². The molecule has 0 saturated heterocycles. The molecule has 0 bridgehead atoms. The molecule has 0 unspecified atom stereocenters. The minimum absolute atomic E-state index is 0.0258. The average Bonchev–Trinajstić information content (AvgIpc) is 0.952. The number of phosphoric ester groups is 1. The van der Waals surface area contributed by atoms with Gasteiger partial charge in [0.05, 0.1) is 52.9 Å². The molecule has 0 aromatic rings. The monoisotopic (exact) mass is 1520 g/mol. The molecule has 32 atom stereocenters. The minimum atomic E-state index is -4.80. The molecule has 100 heavy (non-hydrogen) atoms. The molecule has 0 aliphatic heterocycles. The topological polar surface area (TPSA) is 992 Å². The molecule has 0 spiro atoms. The third-order valence-electron chi connectivity index (χ3n) is 11.6. The van der Waals surface area contributed by atoms with Crippen LogP contribution in [-0.4, -0.2) is 507 Å². The van der Waals surface area contributed by atoms with Crippen LogP contribution in [0.15, 0.2) is 0 Å². The van der Waals surface area contributed by atoms with E-state index in [-0.39, 0.29) is 50.3 Å². The van der Waals surface area contributed by atoms with E-state index in [4.69, 9.17) is 209 Å². The first-order valence-corrected chi connectivity index (χ1v) is 28.9. The Morgan fingerprint density at radius 2 is 0.300 bits per heavy atom. The predicted octanol–water partition coefficient (Wildman–Crippen LogP) is -26.9. The lowest BCUT2D eigenvalue weighted by atomic mass is 10.0. The molecule has 0 rings (SSSR count). The Morgan fingerprint density at radius 3 is 0.380 bits per heavy atom. The van der Waals surface area contributed by atoms with E-state index in [0.717, 1.165) is 0 Å². The molecule has 0 aromatic carbocycles. The van der Waals surface area contributed by atoms with Gasteiger partial charge in [-0.05, 0) is 0 Å². The van der Waals surface area contributed by atoms with Gasteiger partial charge in [0.15, 0.2) is 50.3 Å². The summed E-state index contributed by atoms with van der Waals surface area (Å²) in [5, 5.41) is 341. The summed E-state index contributed by atoms with van der Waals surface area (Å²) in [6.45, 7) is -6.29. The fourth-order valence-corrected chi connectivity index (χ4v) is 5.46. The number of phosphoric acid groups is 1. The van der Waals surface area contributed by atoms with Gasteiger partial charge in [0.1, 0.15) is 195 Å². The number of carbonyl (C=O) groups excluding carboxylic acids is 8. The summed E-state index contributed by atoms with van der Waals surface area (Å²) in [5.74, 6) is 0. The molecule has 52 heteroatoms. The molecular weight excluding hydrogens is 1420 g/mol. The summed E-state index contributed by atoms with van der Waals surface area (Å²) < 4.78 is 14.1. The molecule has 0 aliphatic carbocycles. The van der Waals surface area contributed by atoms with E-state index in [0.29, 0.717) is 0 Å². The molecule has 41 N–H and O–H groups in total. The van der Waals surface area contributed by atoms with Crippen molar-refractivity contribution in [2.75, 3.05) is 52.9 Å². The number of aliphatic hydroxyl groups excluding tert-OH is 39. The summed E-state index contributed by atoms with van der Waals surface area (Å²) >= 11 is 0. The zero-order valence-electron chi connectivity index (χ0n) is 51.6. The van der Waals surface area contributed by atoms with Crippen LogP contribution in [0.4, 0.5) is 0 Å². The third kappa shape index (κ3) is 49.5. The van der Waals surface area contributed by atoms with Crippen molar-refractivity contribution in [2.45, 2.75) is 195 Å². The Bertz CT molecular complexity index is 1740. The lowest BCUT2D eigenvalue weighted by molar-refractivity contribution is -0.136. The van der Waals surface area contributed by atoms with Crippen LogP contribution in [0.2, 0.25) is 0 Å². The molecule has 0 radical (unpaired) electrons. The van der Waals surface area contributed by atoms with Crippen molar-refractivity contribution in [1.82, 2.24) is 0 Å². The van der Waals surface area contributed by atoms with Gasteiger partial charge in [-0.1, -0.05) is 0 Å². The second-order valence-corrected chi connectivity index (χ2v) is 20.7. The summed E-state index contributed by atoms with van der Waals surface area (Å²) in [7, 11) is -4.80. The Morgan fingerprint density at radius 1 is 0.200 bits per heavy atom. The number of carbonyl (C=O) groups is 8. The van der Waals surface area contributed by atoms with Gasteiger partial charge < -0.3 is 247 Å². The molecular formula is C48H97O51P. The van der Waals surface area contributed by atoms with Crippen molar-refractivity contribution in [3.8, 4) is 0 Å². The molecule has 0 aliphatic rings. The number of aliphatic hydroxyl groups is 39. The molecule has 0 amide bonds. The molecule has 51 nitrogen and oxygen atoms in total. The predicted molar refractivity (Wildman–Crippen MR) is 308 cm³/mol. The normalized spacial score (nSPS) is 20.9. The van der Waals surface area contributed by atoms with Crippen LogP contribution in [0.3, 0.4) is 0 Å². The number of rotatable bonds is 42. The lowest BCUT2D eigenvalue weighted by Gasteiger charge is -2.23. The smallest absolute Gasteiger partial charge is 0.394 e. The first kappa shape index (κ1) is 112. The van der Waals surface area contributed by atoms with E-state index < -0.39 is 256 Å². The second-order valence-electron chi connectivity index (χ2n) is 19.5. The zero-order chi connectivity index (χ0) is 81.0. The van der Waals surface area contributed by atoms with Gasteiger partial charge in [0.25, 0.3) is 0 Å². The third-order valence-corrected chi connectivity index (χ3v) is 12.1. The first-order valence-electron chi connectivity index (χ1n) is 27.3. The van der Waals surface area contributed by atoms with Crippen LogP contribution < -0.4 is 0 Å². The van der Waals surface area contributed by atoms with Crippen molar-refractivity contribution in [2.24, 2.45) is 0 Å². The highest BCUT2D eigenvalue weighted by molar-refractivity contribution is 7.46. The van der Waals surface area contributed by atoms with Crippen LogP contribution >= 0.6 is 7.82 Å². The van der Waals surface area contributed by atoms with E-state index in [1.165, 1.54) is 0 Å². The molecule has 0 heterocycles. The van der Waals surface area contributed by atoms with Gasteiger partial charge in [-0.15, -0.1) is 0 Å². The van der Waals surface area contributed by atoms with Gasteiger partial charge in [0, 0.05) is 0 Å². The maximum Gasteiger partial charge on any atom is 0.469 e. The zero-order valence-corrected chi connectivity index (χ0v) is 52.5. The number of hydrogen-bond donors (Lipinski definition) is 41. The van der Waals surface area contributed by atoms with Gasteiger partial charge >= 0.3 is 7.82 Å². The number of aldehydes is 8. The standard InChI is InChI=1S/C6H13O9P.7C6H12O6/c7-1-3(8)5(10)6(11)4(9)2-15-16(12,13)14;7*7-1-3(9)5(11)6(12)4(10)2-8/h1,3-6,8-11H,2H2,(H2,12,13,14);7*1,3-6,8-12H,2H2/t2*3-,4+,5+,6+;3-,4+,5+,6-;3-,4+,5-,6+;3-,4+,5-,6-;3-,4-,5+,6+;3-,4-,5-,6+;3-,4-,5-,6-/m00000111/s1. The van der Waals surface area contributed by atoms with Gasteiger partial charge in [-0.2, -0.15) is 0 Å². The van der Waals surface area contributed by atoms with Crippen LogP contribution in [-0.2, 0) is 47.4 Å². The van der Waals surface area contributed by atoms with E-state index in [2.05, 4.69) is 4.52 Å². The molecule has 600 valence electrons. The van der Waals surface area contributed by atoms with Crippen molar-refractivity contribution < 1.29 is 256 Å². The fraction of sp³-hybridized carbons (Fsp3) is 0.833. The van der Waals surface area contributed by atoms with Crippen LogP contribution in [0, 0.1) is 0 Å². The highest BCUT2D eigenvalue weighted by atomic mass is 31.2.